The van der Waals surface area contributed by atoms with Gasteiger partial charge in [0.25, 0.3) is 5.91 Å². The Hall–Kier alpha value is -2.47. The SMILES string of the molecule is COC(=O)CC(NC(=O)c1cc(F)cc(F)c1)c1ccc(Cl)cc1. The van der Waals surface area contributed by atoms with E-state index in [9.17, 15) is 18.4 Å². The second-order valence-corrected chi connectivity index (χ2v) is 5.45. The van der Waals surface area contributed by atoms with Gasteiger partial charge in [0.15, 0.2) is 0 Å². The van der Waals surface area contributed by atoms with Crippen molar-refractivity contribution in [3.63, 3.8) is 0 Å². The molecule has 0 saturated carbocycles. The second kappa shape index (κ2) is 7.88. The van der Waals surface area contributed by atoms with Crippen molar-refractivity contribution in [1.82, 2.24) is 5.32 Å². The van der Waals surface area contributed by atoms with Gasteiger partial charge in [-0.05, 0) is 29.8 Å². The van der Waals surface area contributed by atoms with Gasteiger partial charge in [-0.3, -0.25) is 9.59 Å². The monoisotopic (exact) mass is 353 g/mol. The van der Waals surface area contributed by atoms with Crippen molar-refractivity contribution >= 4 is 23.5 Å². The molecule has 7 heteroatoms. The summed E-state index contributed by atoms with van der Waals surface area (Å²) in [7, 11) is 1.23. The van der Waals surface area contributed by atoms with Gasteiger partial charge < -0.3 is 10.1 Å². The quantitative estimate of drug-likeness (QED) is 0.835. The Balaban J connectivity index is 2.25. The van der Waals surface area contributed by atoms with Gasteiger partial charge in [-0.15, -0.1) is 0 Å². The van der Waals surface area contributed by atoms with Gasteiger partial charge in [-0.1, -0.05) is 23.7 Å². The van der Waals surface area contributed by atoms with E-state index in [1.807, 2.05) is 0 Å². The summed E-state index contributed by atoms with van der Waals surface area (Å²) in [6.45, 7) is 0. The fraction of sp³-hybridized carbons (Fsp3) is 0.176. The number of hydrogen-bond donors (Lipinski definition) is 1. The zero-order chi connectivity index (χ0) is 17.7. The number of rotatable bonds is 5. The van der Waals surface area contributed by atoms with E-state index in [2.05, 4.69) is 10.1 Å². The van der Waals surface area contributed by atoms with Crippen LogP contribution in [0.2, 0.25) is 5.02 Å². The summed E-state index contributed by atoms with van der Waals surface area (Å²) in [4.78, 5) is 23.8. The minimum Gasteiger partial charge on any atom is -0.469 e. The number of carbonyl (C=O) groups is 2. The van der Waals surface area contributed by atoms with Crippen LogP contribution in [0.3, 0.4) is 0 Å². The third-order valence-corrected chi connectivity index (χ3v) is 3.55. The van der Waals surface area contributed by atoms with E-state index in [4.69, 9.17) is 11.6 Å². The molecule has 0 aliphatic carbocycles. The fourth-order valence-electron chi connectivity index (χ4n) is 2.12. The lowest BCUT2D eigenvalue weighted by molar-refractivity contribution is -0.141. The van der Waals surface area contributed by atoms with Crippen molar-refractivity contribution in [1.29, 1.82) is 0 Å². The molecule has 4 nitrogen and oxygen atoms in total. The highest BCUT2D eigenvalue weighted by atomic mass is 35.5. The molecule has 0 heterocycles. The van der Waals surface area contributed by atoms with Gasteiger partial charge in [0.05, 0.1) is 19.6 Å². The topological polar surface area (TPSA) is 55.4 Å². The van der Waals surface area contributed by atoms with Gasteiger partial charge in [0, 0.05) is 16.7 Å². The normalized spacial score (nSPS) is 11.7. The summed E-state index contributed by atoms with van der Waals surface area (Å²) >= 11 is 5.82. The summed E-state index contributed by atoms with van der Waals surface area (Å²) in [6, 6.07) is 8.26. The number of amides is 1. The Labute approximate surface area is 142 Å². The molecule has 1 N–H and O–H groups in total. The Morgan fingerprint density at radius 3 is 2.25 bits per heavy atom. The van der Waals surface area contributed by atoms with Gasteiger partial charge in [0.1, 0.15) is 11.6 Å². The Morgan fingerprint density at radius 1 is 1.12 bits per heavy atom. The molecule has 0 aromatic heterocycles. The first-order valence-corrected chi connectivity index (χ1v) is 7.36. The molecule has 0 bridgehead atoms. The first-order chi connectivity index (χ1) is 11.4. The van der Waals surface area contributed by atoms with Crippen LogP contribution in [0.4, 0.5) is 8.78 Å². The summed E-state index contributed by atoms with van der Waals surface area (Å²) in [6.07, 6.45) is -0.137. The van der Waals surface area contributed by atoms with E-state index in [1.165, 1.54) is 7.11 Å². The molecule has 0 fully saturated rings. The highest BCUT2D eigenvalue weighted by molar-refractivity contribution is 6.30. The van der Waals surface area contributed by atoms with Crippen molar-refractivity contribution in [2.75, 3.05) is 7.11 Å². The van der Waals surface area contributed by atoms with Gasteiger partial charge in [0.2, 0.25) is 0 Å². The lowest BCUT2D eigenvalue weighted by Gasteiger charge is -2.18. The molecule has 1 amide bonds. The smallest absolute Gasteiger partial charge is 0.307 e. The molecule has 1 atom stereocenters. The molecule has 2 aromatic carbocycles. The maximum absolute atomic E-state index is 13.2. The second-order valence-electron chi connectivity index (χ2n) is 5.02. The predicted molar refractivity (Wildman–Crippen MR) is 84.7 cm³/mol. The van der Waals surface area contributed by atoms with E-state index >= 15 is 0 Å². The highest BCUT2D eigenvalue weighted by Crippen LogP contribution is 2.21. The van der Waals surface area contributed by atoms with Crippen molar-refractivity contribution < 1.29 is 23.1 Å². The van der Waals surface area contributed by atoms with Crippen LogP contribution in [-0.2, 0) is 9.53 Å². The highest BCUT2D eigenvalue weighted by Gasteiger charge is 2.20. The third-order valence-electron chi connectivity index (χ3n) is 3.30. The molecular formula is C17H14ClF2NO3. The number of carbonyl (C=O) groups excluding carboxylic acids is 2. The Morgan fingerprint density at radius 2 is 1.71 bits per heavy atom. The predicted octanol–water partition coefficient (Wildman–Crippen LogP) is 3.65. The first-order valence-electron chi connectivity index (χ1n) is 6.98. The van der Waals surface area contributed by atoms with Crippen LogP contribution in [0.25, 0.3) is 0 Å². The number of esters is 1. The molecule has 2 rings (SSSR count). The summed E-state index contributed by atoms with van der Waals surface area (Å²) in [5.41, 5.74) is 0.423. The molecule has 2 aromatic rings. The average molecular weight is 354 g/mol. The fourth-order valence-corrected chi connectivity index (χ4v) is 2.25. The van der Waals surface area contributed by atoms with Crippen molar-refractivity contribution in [2.45, 2.75) is 12.5 Å². The van der Waals surface area contributed by atoms with Crippen molar-refractivity contribution in [2.24, 2.45) is 0 Å². The van der Waals surface area contributed by atoms with E-state index in [1.54, 1.807) is 24.3 Å². The maximum atomic E-state index is 13.2. The average Bonchev–Trinajstić information content (AvgIpc) is 2.53. The van der Waals surface area contributed by atoms with Gasteiger partial charge >= 0.3 is 5.97 Å². The number of benzene rings is 2. The summed E-state index contributed by atoms with van der Waals surface area (Å²) < 4.78 is 31.1. The number of nitrogens with one attached hydrogen (secondary N) is 1. The minimum atomic E-state index is -0.865. The number of methoxy groups -OCH3 is 1. The standard InChI is InChI=1S/C17H14ClF2NO3/c1-24-16(22)9-15(10-2-4-12(18)5-3-10)21-17(23)11-6-13(19)8-14(20)7-11/h2-8,15H,9H2,1H3,(H,21,23). The molecule has 0 aliphatic rings. The van der Waals surface area contributed by atoms with Crippen molar-refractivity contribution in [3.05, 3.63) is 70.2 Å². The van der Waals surface area contributed by atoms with E-state index in [0.29, 0.717) is 16.7 Å². The Bertz CT molecular complexity index is 730. The lowest BCUT2D eigenvalue weighted by atomic mass is 10.0. The lowest BCUT2D eigenvalue weighted by Crippen LogP contribution is -2.30. The van der Waals surface area contributed by atoms with Crippen LogP contribution < -0.4 is 5.32 Å². The van der Waals surface area contributed by atoms with Crippen LogP contribution in [0.1, 0.15) is 28.4 Å². The zero-order valence-electron chi connectivity index (χ0n) is 12.7. The molecule has 0 saturated heterocycles. The van der Waals surface area contributed by atoms with E-state index in [-0.39, 0.29) is 12.0 Å². The van der Waals surface area contributed by atoms with Crippen molar-refractivity contribution in [3.8, 4) is 0 Å². The van der Waals surface area contributed by atoms with Crippen LogP contribution in [-0.4, -0.2) is 19.0 Å². The van der Waals surface area contributed by atoms with Crippen LogP contribution in [0.5, 0.6) is 0 Å². The van der Waals surface area contributed by atoms with Crippen LogP contribution in [0.15, 0.2) is 42.5 Å². The van der Waals surface area contributed by atoms with E-state index in [0.717, 1.165) is 12.1 Å². The van der Waals surface area contributed by atoms with E-state index < -0.39 is 29.6 Å². The number of ether oxygens (including phenoxy) is 1. The molecule has 0 spiro atoms. The molecule has 24 heavy (non-hydrogen) atoms. The molecular weight excluding hydrogens is 340 g/mol. The maximum Gasteiger partial charge on any atom is 0.307 e. The number of halogens is 3. The molecule has 0 aliphatic heterocycles. The Kier molecular flexibility index (Phi) is 5.87. The molecule has 0 radical (unpaired) electrons. The molecule has 126 valence electrons. The third kappa shape index (κ3) is 4.76. The molecule has 1 unspecified atom stereocenters. The minimum absolute atomic E-state index is 0.137. The van der Waals surface area contributed by atoms with Gasteiger partial charge in [-0.25, -0.2) is 8.78 Å². The number of hydrogen-bond acceptors (Lipinski definition) is 3. The van der Waals surface area contributed by atoms with Crippen LogP contribution >= 0.6 is 11.6 Å². The largest absolute Gasteiger partial charge is 0.469 e. The summed E-state index contributed by atoms with van der Waals surface area (Å²) in [5, 5.41) is 3.07. The zero-order valence-corrected chi connectivity index (χ0v) is 13.4. The van der Waals surface area contributed by atoms with Gasteiger partial charge in [-0.2, -0.15) is 0 Å². The van der Waals surface area contributed by atoms with Crippen LogP contribution in [0, 0.1) is 11.6 Å². The summed E-state index contributed by atoms with van der Waals surface area (Å²) in [5.74, 6) is -2.98. The first kappa shape index (κ1) is 17.9.